The van der Waals surface area contributed by atoms with Crippen molar-refractivity contribution < 1.29 is 42.5 Å². The molecule has 1 aromatic carbocycles. The Hall–Kier alpha value is -2.45. The summed E-state index contributed by atoms with van der Waals surface area (Å²) in [6.45, 7) is 2.36. The summed E-state index contributed by atoms with van der Waals surface area (Å²) in [7, 11) is -4.44. The van der Waals surface area contributed by atoms with Gasteiger partial charge in [-0.3, -0.25) is 18.9 Å². The Balaban J connectivity index is 1.86. The zero-order valence-corrected chi connectivity index (χ0v) is 22.0. The maximum Gasteiger partial charge on any atom is 0.459 e. The molecular weight excluding hydrogens is 532 g/mol. The van der Waals surface area contributed by atoms with Crippen molar-refractivity contribution in [1.82, 2.24) is 14.6 Å². The third kappa shape index (κ3) is 6.90. The average molecular weight is 562 g/mol. The first-order chi connectivity index (χ1) is 17.4. The second-order valence-electron chi connectivity index (χ2n) is 8.67. The lowest BCUT2D eigenvalue weighted by molar-refractivity contribution is -0.149. The summed E-state index contributed by atoms with van der Waals surface area (Å²) < 4.78 is 50.7. The monoisotopic (exact) mass is 561 g/mol. The van der Waals surface area contributed by atoms with Gasteiger partial charge in [0.25, 0.3) is 0 Å². The van der Waals surface area contributed by atoms with Gasteiger partial charge >= 0.3 is 19.4 Å². The molecule has 0 radical (unpaired) electrons. The lowest BCUT2D eigenvalue weighted by atomic mass is 9.98. The van der Waals surface area contributed by atoms with Crippen LogP contribution >= 0.6 is 20.0 Å². The molecule has 37 heavy (non-hydrogen) atoms. The van der Waals surface area contributed by atoms with Crippen LogP contribution in [0.3, 0.4) is 0 Å². The number of carbonyl (C=O) groups excluding carboxylic acids is 1. The number of aliphatic hydroxyl groups excluding tert-OH is 2. The molecule has 3 rings (SSSR count). The lowest BCUT2D eigenvalue weighted by Gasteiger charge is -2.31. The Morgan fingerprint density at radius 1 is 1.30 bits per heavy atom. The van der Waals surface area contributed by atoms with Crippen LogP contribution in [0.5, 0.6) is 5.75 Å². The van der Waals surface area contributed by atoms with Crippen LogP contribution in [0.25, 0.3) is 0 Å². The van der Waals surface area contributed by atoms with E-state index in [1.807, 2.05) is 0 Å². The van der Waals surface area contributed by atoms with Crippen molar-refractivity contribution in [2.24, 2.45) is 0 Å². The Morgan fingerprint density at radius 2 is 1.97 bits per heavy atom. The number of H-pyrrole nitrogens is 1. The minimum absolute atomic E-state index is 0.106. The van der Waals surface area contributed by atoms with Crippen molar-refractivity contribution >= 4 is 25.9 Å². The van der Waals surface area contributed by atoms with Crippen molar-refractivity contribution in [1.29, 1.82) is 0 Å². The van der Waals surface area contributed by atoms with Gasteiger partial charge in [-0.25, -0.2) is 13.8 Å². The quantitative estimate of drug-likeness (QED) is 0.180. The number of rotatable bonds is 11. The van der Waals surface area contributed by atoms with Gasteiger partial charge in [0.15, 0.2) is 11.8 Å². The molecule has 0 aliphatic carbocycles. The minimum atomic E-state index is -4.44. The van der Waals surface area contributed by atoms with Gasteiger partial charge in [0, 0.05) is 6.20 Å². The maximum absolute atomic E-state index is 14.4. The van der Waals surface area contributed by atoms with E-state index >= 15 is 0 Å². The summed E-state index contributed by atoms with van der Waals surface area (Å²) in [4.78, 5) is 26.9. The molecule has 6 atom stereocenters. The van der Waals surface area contributed by atoms with Crippen molar-refractivity contribution in [3.8, 4) is 5.75 Å². The Morgan fingerprint density at radius 3 is 2.57 bits per heavy atom. The second-order valence-corrected chi connectivity index (χ2v) is 10.8. The standard InChI is InChI=1S/C22H29FN3O9PS/c1-13(2)33-20(29)14(3)25-36(31,35-15-7-5-4-6-8-15)32-12-22(11-23)18(28)17(27)19(34-22)26-10-9-16(37)24-21(26)30/h4-10,13-14,17-19,27-28H,11-12H2,1-3H3,(H,25,31)(H,24,30,37)/t14-,17-,18?,19+,22+,36?/m0/s1. The van der Waals surface area contributed by atoms with E-state index in [0.717, 1.165) is 4.57 Å². The number of para-hydroxylation sites is 1. The average Bonchev–Trinajstić information content (AvgIpc) is 3.08. The van der Waals surface area contributed by atoms with Gasteiger partial charge in [-0.15, -0.1) is 0 Å². The fourth-order valence-corrected chi connectivity index (χ4v) is 5.19. The number of aliphatic hydroxyl groups is 2. The molecule has 2 heterocycles. The Bertz CT molecular complexity index is 1240. The normalized spacial score (nSPS) is 26.0. The molecule has 0 spiro atoms. The predicted octanol–water partition coefficient (Wildman–Crippen LogP) is 2.00. The molecule has 1 fully saturated rings. The van der Waals surface area contributed by atoms with Crippen LogP contribution in [-0.4, -0.2) is 69.0 Å². The van der Waals surface area contributed by atoms with Gasteiger partial charge in [-0.1, -0.05) is 30.4 Å². The van der Waals surface area contributed by atoms with E-state index in [0.29, 0.717) is 0 Å². The van der Waals surface area contributed by atoms with Crippen LogP contribution in [0.4, 0.5) is 4.39 Å². The van der Waals surface area contributed by atoms with E-state index in [1.54, 1.807) is 32.0 Å². The number of ether oxygens (including phenoxy) is 2. The Kier molecular flexibility index (Phi) is 9.40. The fourth-order valence-electron chi connectivity index (χ4n) is 3.49. The first kappa shape index (κ1) is 29.1. The van der Waals surface area contributed by atoms with Gasteiger partial charge < -0.3 is 24.2 Å². The second kappa shape index (κ2) is 11.9. The van der Waals surface area contributed by atoms with Crippen LogP contribution in [0.15, 0.2) is 47.4 Å². The zero-order valence-electron chi connectivity index (χ0n) is 20.3. The number of hydrogen-bond acceptors (Lipinski definition) is 10. The van der Waals surface area contributed by atoms with Crippen LogP contribution in [-0.2, 0) is 23.4 Å². The van der Waals surface area contributed by atoms with Crippen molar-refractivity contribution in [3.05, 3.63) is 57.7 Å². The highest BCUT2D eigenvalue weighted by Crippen LogP contribution is 2.48. The number of benzene rings is 1. The summed E-state index contributed by atoms with van der Waals surface area (Å²) in [6.07, 6.45) is -4.41. The summed E-state index contributed by atoms with van der Waals surface area (Å²) in [6, 6.07) is 8.03. The predicted molar refractivity (Wildman–Crippen MR) is 131 cm³/mol. The smallest absolute Gasteiger partial charge is 0.459 e. The molecule has 2 unspecified atom stereocenters. The molecule has 204 valence electrons. The minimum Gasteiger partial charge on any atom is -0.462 e. The van der Waals surface area contributed by atoms with E-state index in [1.165, 1.54) is 31.3 Å². The van der Waals surface area contributed by atoms with Gasteiger partial charge in [0.2, 0.25) is 0 Å². The third-order valence-electron chi connectivity index (χ3n) is 5.37. The molecular formula is C22H29FN3O9PS. The number of esters is 1. The van der Waals surface area contributed by atoms with Crippen molar-refractivity contribution in [2.45, 2.75) is 57.0 Å². The number of alkyl halides is 1. The topological polar surface area (TPSA) is 161 Å². The summed E-state index contributed by atoms with van der Waals surface area (Å²) >= 11 is 4.88. The highest BCUT2D eigenvalue weighted by molar-refractivity contribution is 7.71. The number of aromatic amines is 1. The van der Waals surface area contributed by atoms with E-state index < -0.39 is 68.9 Å². The van der Waals surface area contributed by atoms with Crippen LogP contribution < -0.4 is 15.3 Å². The largest absolute Gasteiger partial charge is 0.462 e. The molecule has 1 aliphatic heterocycles. The van der Waals surface area contributed by atoms with Crippen molar-refractivity contribution in [3.63, 3.8) is 0 Å². The number of halogens is 1. The summed E-state index contributed by atoms with van der Waals surface area (Å²) in [5, 5.41) is 23.7. The lowest BCUT2D eigenvalue weighted by Crippen LogP contribution is -2.49. The first-order valence-electron chi connectivity index (χ1n) is 11.3. The molecule has 0 amide bonds. The number of hydrogen-bond donors (Lipinski definition) is 4. The van der Waals surface area contributed by atoms with E-state index in [2.05, 4.69) is 10.1 Å². The molecule has 1 aliphatic rings. The molecule has 1 aromatic heterocycles. The molecule has 0 saturated carbocycles. The first-order valence-corrected chi connectivity index (χ1v) is 13.2. The molecule has 12 nitrogen and oxygen atoms in total. The van der Waals surface area contributed by atoms with E-state index in [4.69, 9.17) is 30.7 Å². The Labute approximate surface area is 216 Å². The highest BCUT2D eigenvalue weighted by atomic mass is 32.1. The maximum atomic E-state index is 14.4. The van der Waals surface area contributed by atoms with Gasteiger partial charge in [-0.2, -0.15) is 5.09 Å². The summed E-state index contributed by atoms with van der Waals surface area (Å²) in [5.74, 6) is -0.641. The van der Waals surface area contributed by atoms with Crippen LogP contribution in [0.2, 0.25) is 0 Å². The summed E-state index contributed by atoms with van der Waals surface area (Å²) in [5.41, 5.74) is -3.01. The number of aromatic nitrogens is 2. The van der Waals surface area contributed by atoms with Crippen LogP contribution in [0.1, 0.15) is 27.0 Å². The number of nitrogens with one attached hydrogen (secondary N) is 2. The van der Waals surface area contributed by atoms with Crippen LogP contribution in [0, 0.1) is 4.64 Å². The SMILES string of the molecule is CC(C)OC(=O)[C@H](C)NP(=O)(OC[C@@]1(CF)O[C@@H](n2ccc(=S)[nH]c2=O)[C@@H](O)C1O)Oc1ccccc1. The fraction of sp³-hybridized carbons (Fsp3) is 0.500. The van der Waals surface area contributed by atoms with E-state index in [-0.39, 0.29) is 10.4 Å². The third-order valence-corrected chi connectivity index (χ3v) is 7.23. The molecule has 15 heteroatoms. The number of carbonyl (C=O) groups is 1. The molecule has 0 bridgehead atoms. The van der Waals surface area contributed by atoms with Gasteiger partial charge in [0.05, 0.1) is 12.7 Å². The number of nitrogens with zero attached hydrogens (tertiary/aromatic N) is 1. The van der Waals surface area contributed by atoms with E-state index in [9.17, 15) is 28.8 Å². The molecule has 2 aromatic rings. The molecule has 1 saturated heterocycles. The van der Waals surface area contributed by atoms with Gasteiger partial charge in [-0.05, 0) is 39.0 Å². The van der Waals surface area contributed by atoms with Gasteiger partial charge in [0.1, 0.15) is 35.3 Å². The van der Waals surface area contributed by atoms with Crippen molar-refractivity contribution in [2.75, 3.05) is 13.3 Å². The molecule has 4 N–H and O–H groups in total. The highest BCUT2D eigenvalue weighted by Gasteiger charge is 2.56. The zero-order chi connectivity index (χ0) is 27.4.